The van der Waals surface area contributed by atoms with E-state index < -0.39 is 10.0 Å². The Hall–Kier alpha value is -1.44. The molecule has 0 amide bonds. The second kappa shape index (κ2) is 9.89. The molecule has 0 aliphatic carbocycles. The van der Waals surface area contributed by atoms with Crippen molar-refractivity contribution in [1.29, 1.82) is 0 Å². The summed E-state index contributed by atoms with van der Waals surface area (Å²) in [6.45, 7) is 4.11. The van der Waals surface area contributed by atoms with Gasteiger partial charge in [-0.25, -0.2) is 8.42 Å². The van der Waals surface area contributed by atoms with Crippen LogP contribution in [0.5, 0.6) is 0 Å². The molecule has 1 aliphatic heterocycles. The molecule has 0 spiro atoms. The van der Waals surface area contributed by atoms with Crippen LogP contribution in [0.1, 0.15) is 32.6 Å². The number of unbranched alkanes of at least 4 members (excludes halogenated alkanes) is 1. The molecular weight excluding hydrogens is 342 g/mol. The van der Waals surface area contributed by atoms with Gasteiger partial charge in [0.15, 0.2) is 0 Å². The largest absolute Gasteiger partial charge is 0.463 e. The Morgan fingerprint density at radius 3 is 2.44 bits per heavy atom. The summed E-state index contributed by atoms with van der Waals surface area (Å²) < 4.78 is 37.1. The molecule has 0 saturated carbocycles. The van der Waals surface area contributed by atoms with E-state index in [1.54, 1.807) is 30.3 Å². The first-order chi connectivity index (χ1) is 12.1. The van der Waals surface area contributed by atoms with Crippen LogP contribution in [0.2, 0.25) is 0 Å². The molecule has 1 aromatic rings. The number of carbonyl (C=O) groups is 1. The van der Waals surface area contributed by atoms with Crippen LogP contribution >= 0.6 is 0 Å². The number of nitrogens with zero attached hydrogens (tertiary/aromatic N) is 1. The van der Waals surface area contributed by atoms with Crippen molar-refractivity contribution in [3.63, 3.8) is 0 Å². The van der Waals surface area contributed by atoms with Crippen molar-refractivity contribution in [1.82, 2.24) is 4.31 Å². The molecule has 0 radical (unpaired) electrons. The molecule has 25 heavy (non-hydrogen) atoms. The summed E-state index contributed by atoms with van der Waals surface area (Å²) in [5, 5.41) is 0. The maximum atomic E-state index is 12.6. The fourth-order valence-corrected chi connectivity index (χ4v) is 4.23. The smallest absolute Gasteiger partial charge is 0.309 e. The summed E-state index contributed by atoms with van der Waals surface area (Å²) in [6.07, 6.45) is 3.05. The Kier molecular flexibility index (Phi) is 7.87. The second-order valence-electron chi connectivity index (χ2n) is 6.12. The highest BCUT2D eigenvalue weighted by molar-refractivity contribution is 7.89. The van der Waals surface area contributed by atoms with Crippen molar-refractivity contribution in [2.75, 3.05) is 32.9 Å². The van der Waals surface area contributed by atoms with Gasteiger partial charge in [0.2, 0.25) is 10.0 Å². The lowest BCUT2D eigenvalue weighted by molar-refractivity contribution is -0.151. The van der Waals surface area contributed by atoms with E-state index in [0.29, 0.717) is 44.0 Å². The number of benzene rings is 1. The zero-order chi connectivity index (χ0) is 18.1. The first kappa shape index (κ1) is 19.9. The SMILES string of the molecule is CCCCOCCOC(=O)C1CCN(S(=O)(=O)c2ccccc2)CC1. The van der Waals surface area contributed by atoms with Crippen molar-refractivity contribution >= 4 is 16.0 Å². The number of rotatable bonds is 9. The lowest BCUT2D eigenvalue weighted by Crippen LogP contribution is -2.40. The number of esters is 1. The zero-order valence-electron chi connectivity index (χ0n) is 14.7. The summed E-state index contributed by atoms with van der Waals surface area (Å²) in [5.74, 6) is -0.492. The zero-order valence-corrected chi connectivity index (χ0v) is 15.5. The van der Waals surface area contributed by atoms with E-state index in [2.05, 4.69) is 6.92 Å². The molecule has 0 N–H and O–H groups in total. The average Bonchev–Trinajstić information content (AvgIpc) is 2.65. The second-order valence-corrected chi connectivity index (χ2v) is 8.06. The topological polar surface area (TPSA) is 72.9 Å². The highest BCUT2D eigenvalue weighted by Crippen LogP contribution is 2.24. The molecule has 0 bridgehead atoms. The van der Waals surface area contributed by atoms with Crippen molar-refractivity contribution in [2.45, 2.75) is 37.5 Å². The first-order valence-corrected chi connectivity index (χ1v) is 10.3. The maximum Gasteiger partial charge on any atom is 0.309 e. The minimum atomic E-state index is -3.48. The molecule has 2 rings (SSSR count). The van der Waals surface area contributed by atoms with Gasteiger partial charge in [0.1, 0.15) is 6.61 Å². The predicted molar refractivity (Wildman–Crippen MR) is 94.6 cm³/mol. The van der Waals surface area contributed by atoms with Crippen LogP contribution in [0.3, 0.4) is 0 Å². The van der Waals surface area contributed by atoms with Crippen molar-refractivity contribution in [2.24, 2.45) is 5.92 Å². The summed E-state index contributed by atoms with van der Waals surface area (Å²) in [4.78, 5) is 12.4. The van der Waals surface area contributed by atoms with Crippen molar-refractivity contribution in [3.8, 4) is 0 Å². The summed E-state index contributed by atoms with van der Waals surface area (Å²) in [7, 11) is -3.48. The fourth-order valence-electron chi connectivity index (χ4n) is 2.74. The Balaban J connectivity index is 1.75. The van der Waals surface area contributed by atoms with Crippen LogP contribution in [-0.2, 0) is 24.3 Å². The molecular formula is C18H27NO5S. The Morgan fingerprint density at radius 1 is 1.12 bits per heavy atom. The fraction of sp³-hybridized carbons (Fsp3) is 0.611. The van der Waals surface area contributed by atoms with Crippen molar-refractivity contribution < 1.29 is 22.7 Å². The summed E-state index contributed by atoms with van der Waals surface area (Å²) >= 11 is 0. The number of hydrogen-bond donors (Lipinski definition) is 0. The van der Waals surface area contributed by atoms with Crippen LogP contribution in [0.25, 0.3) is 0 Å². The molecule has 1 aromatic carbocycles. The van der Waals surface area contributed by atoms with Crippen LogP contribution in [-0.4, -0.2) is 51.6 Å². The Labute approximate surface area is 150 Å². The van der Waals surface area contributed by atoms with Gasteiger partial charge in [-0.05, 0) is 31.4 Å². The van der Waals surface area contributed by atoms with Gasteiger partial charge in [-0.3, -0.25) is 4.79 Å². The van der Waals surface area contributed by atoms with Gasteiger partial charge in [-0.1, -0.05) is 31.5 Å². The van der Waals surface area contributed by atoms with E-state index in [-0.39, 0.29) is 18.5 Å². The van der Waals surface area contributed by atoms with Gasteiger partial charge in [-0.2, -0.15) is 4.31 Å². The van der Waals surface area contributed by atoms with E-state index in [0.717, 1.165) is 12.8 Å². The molecule has 0 atom stereocenters. The van der Waals surface area contributed by atoms with Crippen LogP contribution < -0.4 is 0 Å². The number of sulfonamides is 1. The van der Waals surface area contributed by atoms with Crippen LogP contribution in [0, 0.1) is 5.92 Å². The third-order valence-electron chi connectivity index (χ3n) is 4.28. The maximum absolute atomic E-state index is 12.6. The molecule has 1 saturated heterocycles. The molecule has 6 nitrogen and oxygen atoms in total. The Morgan fingerprint density at radius 2 is 1.80 bits per heavy atom. The highest BCUT2D eigenvalue weighted by Gasteiger charge is 2.32. The Bertz CT molecular complexity index is 624. The quantitative estimate of drug-likeness (QED) is 0.494. The first-order valence-electron chi connectivity index (χ1n) is 8.85. The highest BCUT2D eigenvalue weighted by atomic mass is 32.2. The van der Waals surface area contributed by atoms with Crippen LogP contribution in [0.15, 0.2) is 35.2 Å². The van der Waals surface area contributed by atoms with E-state index in [1.807, 2.05) is 0 Å². The van der Waals surface area contributed by atoms with Gasteiger partial charge >= 0.3 is 5.97 Å². The molecule has 140 valence electrons. The number of ether oxygens (including phenoxy) is 2. The lowest BCUT2D eigenvalue weighted by Gasteiger charge is -2.30. The van der Waals surface area contributed by atoms with E-state index in [1.165, 1.54) is 4.31 Å². The number of carbonyl (C=O) groups excluding carboxylic acids is 1. The van der Waals surface area contributed by atoms with E-state index in [4.69, 9.17) is 9.47 Å². The predicted octanol–water partition coefficient (Wildman–Crippen LogP) is 2.45. The van der Waals surface area contributed by atoms with Crippen molar-refractivity contribution in [3.05, 3.63) is 30.3 Å². The van der Waals surface area contributed by atoms with Gasteiger partial charge in [0.05, 0.1) is 17.4 Å². The number of piperidine rings is 1. The van der Waals surface area contributed by atoms with Gasteiger partial charge in [0.25, 0.3) is 0 Å². The third kappa shape index (κ3) is 5.80. The molecule has 1 heterocycles. The standard InChI is InChI=1S/C18H27NO5S/c1-2-3-13-23-14-15-24-18(20)16-9-11-19(12-10-16)25(21,22)17-7-5-4-6-8-17/h4-8,16H,2-3,9-15H2,1H3. The summed E-state index contributed by atoms with van der Waals surface area (Å²) in [6, 6.07) is 8.38. The molecule has 1 fully saturated rings. The van der Waals surface area contributed by atoms with Gasteiger partial charge in [0, 0.05) is 19.7 Å². The molecule has 0 aromatic heterocycles. The van der Waals surface area contributed by atoms with Gasteiger partial charge < -0.3 is 9.47 Å². The van der Waals surface area contributed by atoms with Crippen LogP contribution in [0.4, 0.5) is 0 Å². The van der Waals surface area contributed by atoms with E-state index >= 15 is 0 Å². The monoisotopic (exact) mass is 369 g/mol. The summed E-state index contributed by atoms with van der Waals surface area (Å²) in [5.41, 5.74) is 0. The minimum absolute atomic E-state index is 0.238. The third-order valence-corrected chi connectivity index (χ3v) is 6.20. The van der Waals surface area contributed by atoms with Gasteiger partial charge in [-0.15, -0.1) is 0 Å². The minimum Gasteiger partial charge on any atom is -0.463 e. The normalized spacial score (nSPS) is 16.7. The average molecular weight is 369 g/mol. The molecule has 7 heteroatoms. The molecule has 0 unspecified atom stereocenters. The van der Waals surface area contributed by atoms with E-state index in [9.17, 15) is 13.2 Å². The number of hydrogen-bond acceptors (Lipinski definition) is 5. The lowest BCUT2D eigenvalue weighted by atomic mass is 9.98. The molecule has 1 aliphatic rings.